The van der Waals surface area contributed by atoms with E-state index in [-0.39, 0.29) is 18.5 Å². The summed E-state index contributed by atoms with van der Waals surface area (Å²) in [5.41, 5.74) is 5.59. The fraction of sp³-hybridized carbons (Fsp3) is 0.900. The molecule has 3 N–H and O–H groups in total. The largest absolute Gasteiger partial charge is 0.465 e. The number of carbonyl (C=O) groups excluding carboxylic acids is 1. The van der Waals surface area contributed by atoms with E-state index in [1.165, 1.54) is 0 Å². The Labute approximate surface area is 85.4 Å². The van der Waals surface area contributed by atoms with E-state index in [1.807, 2.05) is 13.8 Å². The molecule has 0 unspecified atom stereocenters. The van der Waals surface area contributed by atoms with Gasteiger partial charge in [-0.25, -0.2) is 0 Å². The summed E-state index contributed by atoms with van der Waals surface area (Å²) in [6.45, 7) is 4.37. The van der Waals surface area contributed by atoms with Gasteiger partial charge in [0.1, 0.15) is 6.04 Å². The van der Waals surface area contributed by atoms with Crippen molar-refractivity contribution in [2.24, 2.45) is 11.7 Å². The summed E-state index contributed by atoms with van der Waals surface area (Å²) in [7, 11) is 0. The molecule has 0 radical (unpaired) electrons. The molecule has 4 heteroatoms. The fourth-order valence-corrected chi connectivity index (χ4v) is 0.932. The third-order valence-corrected chi connectivity index (χ3v) is 2.04. The second-order valence-electron chi connectivity index (χ2n) is 3.72. The molecule has 4 nitrogen and oxygen atoms in total. The number of unbranched alkanes of at least 4 members (excludes halogenated alkanes) is 2. The molecular formula is C10H21NO3. The van der Waals surface area contributed by atoms with Gasteiger partial charge in [-0.05, 0) is 25.2 Å². The quantitative estimate of drug-likeness (QED) is 0.471. The van der Waals surface area contributed by atoms with Crippen molar-refractivity contribution in [2.45, 2.75) is 39.2 Å². The molecule has 1 atom stereocenters. The lowest BCUT2D eigenvalue weighted by molar-refractivity contribution is -0.146. The van der Waals surface area contributed by atoms with Crippen LogP contribution in [-0.2, 0) is 9.53 Å². The maximum Gasteiger partial charge on any atom is 0.323 e. The van der Waals surface area contributed by atoms with Crippen molar-refractivity contribution in [2.75, 3.05) is 13.2 Å². The van der Waals surface area contributed by atoms with Crippen molar-refractivity contribution < 1.29 is 14.6 Å². The van der Waals surface area contributed by atoms with Crippen molar-refractivity contribution in [3.63, 3.8) is 0 Å². The lowest BCUT2D eigenvalue weighted by Gasteiger charge is -2.14. The Balaban J connectivity index is 3.44. The summed E-state index contributed by atoms with van der Waals surface area (Å²) in [6, 6.07) is -0.521. The number of nitrogens with two attached hydrogens (primary N) is 1. The summed E-state index contributed by atoms with van der Waals surface area (Å²) in [5, 5.41) is 8.51. The first-order chi connectivity index (χ1) is 6.59. The number of aliphatic hydroxyl groups excluding tert-OH is 1. The summed E-state index contributed by atoms with van der Waals surface area (Å²) in [4.78, 5) is 11.2. The first-order valence-corrected chi connectivity index (χ1v) is 5.12. The summed E-state index contributed by atoms with van der Waals surface area (Å²) in [6.07, 6.45) is 2.42. The van der Waals surface area contributed by atoms with Crippen LogP contribution in [0, 0.1) is 5.92 Å². The van der Waals surface area contributed by atoms with Gasteiger partial charge in [-0.1, -0.05) is 13.8 Å². The van der Waals surface area contributed by atoms with E-state index >= 15 is 0 Å². The number of ether oxygens (including phenoxy) is 1. The van der Waals surface area contributed by atoms with E-state index < -0.39 is 6.04 Å². The normalized spacial score (nSPS) is 12.9. The standard InChI is InChI=1S/C10H21NO3/c1-8(2)9(11)10(13)14-7-5-3-4-6-12/h8-9,12H,3-7,11H2,1-2H3/t9-/m1/s1. The Bertz CT molecular complexity index is 159. The molecule has 84 valence electrons. The molecule has 0 aromatic rings. The zero-order chi connectivity index (χ0) is 11.0. The number of aliphatic hydroxyl groups is 1. The molecule has 0 spiro atoms. The van der Waals surface area contributed by atoms with Crippen molar-refractivity contribution in [1.29, 1.82) is 0 Å². The van der Waals surface area contributed by atoms with Crippen LogP contribution in [0.25, 0.3) is 0 Å². The van der Waals surface area contributed by atoms with Gasteiger partial charge in [-0.2, -0.15) is 0 Å². The lowest BCUT2D eigenvalue weighted by Crippen LogP contribution is -2.37. The van der Waals surface area contributed by atoms with Crippen molar-refractivity contribution in [1.82, 2.24) is 0 Å². The van der Waals surface area contributed by atoms with Crippen LogP contribution in [0.1, 0.15) is 33.1 Å². The van der Waals surface area contributed by atoms with Gasteiger partial charge in [0.05, 0.1) is 6.61 Å². The molecule has 0 aliphatic heterocycles. The highest BCUT2D eigenvalue weighted by molar-refractivity contribution is 5.75. The lowest BCUT2D eigenvalue weighted by atomic mass is 10.1. The molecule has 0 amide bonds. The molecule has 0 heterocycles. The maximum atomic E-state index is 11.2. The molecule has 0 rings (SSSR count). The maximum absolute atomic E-state index is 11.2. The van der Waals surface area contributed by atoms with Crippen LogP contribution >= 0.6 is 0 Å². The Morgan fingerprint density at radius 1 is 1.36 bits per heavy atom. The first kappa shape index (κ1) is 13.4. The zero-order valence-electron chi connectivity index (χ0n) is 9.03. The van der Waals surface area contributed by atoms with Crippen molar-refractivity contribution in [3.05, 3.63) is 0 Å². The number of hydrogen-bond acceptors (Lipinski definition) is 4. The molecule has 0 fully saturated rings. The highest BCUT2D eigenvalue weighted by Crippen LogP contribution is 2.02. The molecule has 0 saturated heterocycles. The van der Waals surface area contributed by atoms with E-state index in [0.717, 1.165) is 19.3 Å². The SMILES string of the molecule is CC(C)[C@@H](N)C(=O)OCCCCCO. The van der Waals surface area contributed by atoms with Gasteiger partial charge in [-0.3, -0.25) is 4.79 Å². The Morgan fingerprint density at radius 2 is 2.00 bits per heavy atom. The predicted molar refractivity (Wildman–Crippen MR) is 54.7 cm³/mol. The Hall–Kier alpha value is -0.610. The molecule has 0 aliphatic rings. The minimum absolute atomic E-state index is 0.111. The van der Waals surface area contributed by atoms with Crippen LogP contribution < -0.4 is 5.73 Å². The van der Waals surface area contributed by atoms with E-state index in [9.17, 15) is 4.79 Å². The third-order valence-electron chi connectivity index (χ3n) is 2.04. The highest BCUT2D eigenvalue weighted by Gasteiger charge is 2.18. The van der Waals surface area contributed by atoms with E-state index in [1.54, 1.807) is 0 Å². The van der Waals surface area contributed by atoms with Crippen molar-refractivity contribution >= 4 is 5.97 Å². The van der Waals surface area contributed by atoms with Crippen LogP contribution in [0.2, 0.25) is 0 Å². The highest BCUT2D eigenvalue weighted by atomic mass is 16.5. The molecule has 0 aromatic carbocycles. The molecule has 14 heavy (non-hydrogen) atoms. The second kappa shape index (κ2) is 7.76. The predicted octanol–water partition coefficient (Wildman–Crippen LogP) is 0.675. The average molecular weight is 203 g/mol. The number of hydrogen-bond donors (Lipinski definition) is 2. The molecule has 0 aromatic heterocycles. The molecule has 0 aliphatic carbocycles. The zero-order valence-corrected chi connectivity index (χ0v) is 9.03. The smallest absolute Gasteiger partial charge is 0.323 e. The third kappa shape index (κ3) is 5.94. The first-order valence-electron chi connectivity index (χ1n) is 5.12. The van der Waals surface area contributed by atoms with Crippen LogP contribution in [0.15, 0.2) is 0 Å². The van der Waals surface area contributed by atoms with Gasteiger partial charge in [0, 0.05) is 6.61 Å². The molecule has 0 saturated carbocycles. The number of carbonyl (C=O) groups is 1. The molecule has 0 bridgehead atoms. The monoisotopic (exact) mass is 203 g/mol. The van der Waals surface area contributed by atoms with E-state index in [0.29, 0.717) is 6.61 Å². The number of esters is 1. The van der Waals surface area contributed by atoms with Gasteiger partial charge >= 0.3 is 5.97 Å². The summed E-state index contributed by atoms with van der Waals surface area (Å²) in [5.74, 6) is -0.219. The minimum Gasteiger partial charge on any atom is -0.465 e. The van der Waals surface area contributed by atoms with Crippen LogP contribution in [-0.4, -0.2) is 30.3 Å². The second-order valence-corrected chi connectivity index (χ2v) is 3.72. The Kier molecular flexibility index (Phi) is 7.42. The van der Waals surface area contributed by atoms with Crippen LogP contribution in [0.4, 0.5) is 0 Å². The van der Waals surface area contributed by atoms with Crippen molar-refractivity contribution in [3.8, 4) is 0 Å². The summed E-state index contributed by atoms with van der Waals surface area (Å²) >= 11 is 0. The van der Waals surface area contributed by atoms with Gasteiger partial charge in [0.2, 0.25) is 0 Å². The number of rotatable bonds is 7. The van der Waals surface area contributed by atoms with Crippen LogP contribution in [0.5, 0.6) is 0 Å². The minimum atomic E-state index is -0.521. The van der Waals surface area contributed by atoms with E-state index in [4.69, 9.17) is 15.6 Å². The van der Waals surface area contributed by atoms with Gasteiger partial charge < -0.3 is 15.6 Å². The van der Waals surface area contributed by atoms with Gasteiger partial charge in [-0.15, -0.1) is 0 Å². The topological polar surface area (TPSA) is 72.6 Å². The average Bonchev–Trinajstić information content (AvgIpc) is 2.16. The Morgan fingerprint density at radius 3 is 2.50 bits per heavy atom. The van der Waals surface area contributed by atoms with Crippen LogP contribution in [0.3, 0.4) is 0 Å². The van der Waals surface area contributed by atoms with Gasteiger partial charge in [0.25, 0.3) is 0 Å². The fourth-order valence-electron chi connectivity index (χ4n) is 0.932. The molecular weight excluding hydrogens is 182 g/mol. The van der Waals surface area contributed by atoms with E-state index in [2.05, 4.69) is 0 Å². The summed E-state index contributed by atoms with van der Waals surface area (Å²) < 4.78 is 4.97. The van der Waals surface area contributed by atoms with Gasteiger partial charge in [0.15, 0.2) is 0 Å².